The number of rotatable bonds is 5. The highest BCUT2D eigenvalue weighted by Crippen LogP contribution is 2.33. The minimum atomic E-state index is -0.512. The number of para-hydroxylation sites is 1. The summed E-state index contributed by atoms with van der Waals surface area (Å²) in [6.07, 6.45) is 0. The summed E-state index contributed by atoms with van der Waals surface area (Å²) >= 11 is 4.36. The molecule has 4 aromatic heterocycles. The fourth-order valence-corrected chi connectivity index (χ4v) is 5.84. The van der Waals surface area contributed by atoms with E-state index in [9.17, 15) is 9.59 Å². The lowest BCUT2D eigenvalue weighted by atomic mass is 10.1. The average Bonchev–Trinajstić information content (AvgIpc) is 3.47. The van der Waals surface area contributed by atoms with Gasteiger partial charge in [-0.1, -0.05) is 41.3 Å². The number of amides is 1. The van der Waals surface area contributed by atoms with Gasteiger partial charge in [-0.25, -0.2) is 9.66 Å². The van der Waals surface area contributed by atoms with Crippen LogP contribution in [0.4, 0.5) is 0 Å². The summed E-state index contributed by atoms with van der Waals surface area (Å²) in [5.74, 6) is 0.516. The molecule has 5 rings (SSSR count). The first-order valence-electron chi connectivity index (χ1n) is 9.23. The second kappa shape index (κ2) is 7.91. The van der Waals surface area contributed by atoms with Crippen LogP contribution in [-0.2, 0) is 5.75 Å². The lowest BCUT2D eigenvalue weighted by Crippen LogP contribution is -2.35. The number of aryl methyl sites for hydroxylation is 2. The van der Waals surface area contributed by atoms with E-state index in [1.807, 2.05) is 31.2 Å². The first kappa shape index (κ1) is 19.9. The van der Waals surface area contributed by atoms with Crippen LogP contribution < -0.4 is 11.0 Å². The zero-order valence-corrected chi connectivity index (χ0v) is 18.9. The van der Waals surface area contributed by atoms with E-state index < -0.39 is 5.91 Å². The Bertz CT molecular complexity index is 1500. The summed E-state index contributed by atoms with van der Waals surface area (Å²) in [7, 11) is 0. The number of nitrogens with zero attached hydrogens (tertiary/aromatic N) is 4. The maximum absolute atomic E-state index is 13.2. The number of aromatic nitrogens is 4. The van der Waals surface area contributed by atoms with E-state index in [0.717, 1.165) is 25.0 Å². The summed E-state index contributed by atoms with van der Waals surface area (Å²) in [5, 5.41) is 12.1. The lowest BCUT2D eigenvalue weighted by molar-refractivity contribution is 0.0981. The summed E-state index contributed by atoms with van der Waals surface area (Å²) in [6.45, 7) is 3.57. The van der Waals surface area contributed by atoms with Gasteiger partial charge in [0, 0.05) is 16.7 Å². The summed E-state index contributed by atoms with van der Waals surface area (Å²) in [5.41, 5.74) is 3.67. The smallest absolute Gasteiger partial charge is 0.306 e. The van der Waals surface area contributed by atoms with E-state index in [-0.39, 0.29) is 11.3 Å². The fourth-order valence-electron chi connectivity index (χ4n) is 3.20. The SMILES string of the molecule is Cc1nnc(SCc2c(C(=O)Nn3c(C)nc4sccc4c3=O)oc3ccccc23)s1. The molecule has 0 spiro atoms. The molecule has 0 unspecified atom stereocenters. The second-order valence-corrected chi connectivity index (χ2v) is 9.96. The van der Waals surface area contributed by atoms with Crippen LogP contribution in [0.15, 0.2) is 49.3 Å². The summed E-state index contributed by atoms with van der Waals surface area (Å²) in [6, 6.07) is 9.16. The molecule has 1 amide bonds. The van der Waals surface area contributed by atoms with Gasteiger partial charge in [0.1, 0.15) is 21.2 Å². The van der Waals surface area contributed by atoms with Gasteiger partial charge < -0.3 is 4.42 Å². The van der Waals surface area contributed by atoms with Gasteiger partial charge in [0.15, 0.2) is 10.1 Å². The molecule has 1 N–H and O–H groups in total. The van der Waals surface area contributed by atoms with E-state index >= 15 is 0 Å². The van der Waals surface area contributed by atoms with Gasteiger partial charge in [-0.05, 0) is 31.4 Å². The van der Waals surface area contributed by atoms with E-state index in [2.05, 4.69) is 20.6 Å². The Hall–Kier alpha value is -3.02. The lowest BCUT2D eigenvalue weighted by Gasteiger charge is -2.10. The Balaban J connectivity index is 1.52. The van der Waals surface area contributed by atoms with Crippen LogP contribution in [0.3, 0.4) is 0 Å². The van der Waals surface area contributed by atoms with E-state index in [4.69, 9.17) is 4.42 Å². The third kappa shape index (κ3) is 3.64. The molecule has 0 aliphatic heterocycles. The number of hydrogen-bond donors (Lipinski definition) is 1. The number of hydrogen-bond acceptors (Lipinski definition) is 9. The molecule has 0 saturated heterocycles. The van der Waals surface area contributed by atoms with Crippen LogP contribution in [0.25, 0.3) is 21.2 Å². The molecular weight excluding hydrogens is 454 g/mol. The Kier molecular flexibility index (Phi) is 5.08. The number of carbonyl (C=O) groups is 1. The van der Waals surface area contributed by atoms with Crippen molar-refractivity contribution >= 4 is 61.5 Å². The molecule has 5 aromatic rings. The number of thiophene rings is 1. The molecule has 0 saturated carbocycles. The van der Waals surface area contributed by atoms with Crippen molar-refractivity contribution in [3.8, 4) is 0 Å². The molecule has 0 aliphatic rings. The number of thioether (sulfide) groups is 1. The topological polar surface area (TPSA) is 103 Å². The van der Waals surface area contributed by atoms with Crippen molar-refractivity contribution in [2.24, 2.45) is 0 Å². The standard InChI is InChI=1S/C20H15N5O3S3/c1-10-21-18-13(7-8-29-18)19(27)25(10)24-17(26)16-14(9-30-20-23-22-11(2)31-20)12-5-3-4-6-15(12)28-16/h3-8H,9H2,1-2H3,(H,24,26). The molecule has 4 heterocycles. The Morgan fingerprint density at radius 2 is 2.03 bits per heavy atom. The molecule has 31 heavy (non-hydrogen) atoms. The molecule has 0 radical (unpaired) electrons. The zero-order chi connectivity index (χ0) is 21.5. The zero-order valence-electron chi connectivity index (χ0n) is 16.4. The Morgan fingerprint density at radius 3 is 2.84 bits per heavy atom. The minimum Gasteiger partial charge on any atom is -0.451 e. The van der Waals surface area contributed by atoms with Crippen LogP contribution in [0, 0.1) is 13.8 Å². The van der Waals surface area contributed by atoms with Crippen molar-refractivity contribution in [1.82, 2.24) is 19.9 Å². The predicted octanol–water partition coefficient (Wildman–Crippen LogP) is 4.35. The molecule has 11 heteroatoms. The van der Waals surface area contributed by atoms with Crippen LogP contribution in [0.5, 0.6) is 0 Å². The third-order valence-corrected chi connectivity index (χ3v) is 7.44. The molecule has 8 nitrogen and oxygen atoms in total. The molecule has 0 atom stereocenters. The first-order valence-corrected chi connectivity index (χ1v) is 11.9. The average molecular weight is 470 g/mol. The number of nitrogens with one attached hydrogen (secondary N) is 1. The van der Waals surface area contributed by atoms with E-state index in [1.54, 1.807) is 18.4 Å². The van der Waals surface area contributed by atoms with Crippen molar-refractivity contribution in [3.05, 3.63) is 68.2 Å². The first-order chi connectivity index (χ1) is 15.0. The molecule has 1 aromatic carbocycles. The highest BCUT2D eigenvalue weighted by atomic mass is 32.2. The Labute approximate surface area is 187 Å². The van der Waals surface area contributed by atoms with Crippen LogP contribution in [-0.4, -0.2) is 25.8 Å². The molecular formula is C20H15N5O3S3. The van der Waals surface area contributed by atoms with Crippen molar-refractivity contribution < 1.29 is 9.21 Å². The normalized spacial score (nSPS) is 11.4. The van der Waals surface area contributed by atoms with Crippen LogP contribution >= 0.6 is 34.4 Å². The third-order valence-electron chi connectivity index (χ3n) is 4.63. The predicted molar refractivity (Wildman–Crippen MR) is 123 cm³/mol. The number of benzene rings is 1. The van der Waals surface area contributed by atoms with Crippen molar-refractivity contribution in [3.63, 3.8) is 0 Å². The summed E-state index contributed by atoms with van der Waals surface area (Å²) < 4.78 is 7.86. The fraction of sp³-hybridized carbons (Fsp3) is 0.150. The molecule has 0 bridgehead atoms. The molecule has 0 fully saturated rings. The van der Waals surface area contributed by atoms with Gasteiger partial charge in [-0.15, -0.1) is 21.5 Å². The highest BCUT2D eigenvalue weighted by Gasteiger charge is 2.23. The van der Waals surface area contributed by atoms with Gasteiger partial charge in [0.2, 0.25) is 0 Å². The highest BCUT2D eigenvalue weighted by molar-refractivity contribution is 8.00. The second-order valence-electron chi connectivity index (χ2n) is 6.66. The number of fused-ring (bicyclic) bond motifs is 2. The maximum Gasteiger partial charge on any atom is 0.306 e. The van der Waals surface area contributed by atoms with Crippen LogP contribution in [0.2, 0.25) is 0 Å². The van der Waals surface area contributed by atoms with E-state index in [0.29, 0.717) is 27.4 Å². The van der Waals surface area contributed by atoms with Gasteiger partial charge in [0.05, 0.1) is 5.39 Å². The quantitative estimate of drug-likeness (QED) is 0.382. The molecule has 156 valence electrons. The van der Waals surface area contributed by atoms with Gasteiger partial charge in [-0.2, -0.15) is 0 Å². The largest absolute Gasteiger partial charge is 0.451 e. The van der Waals surface area contributed by atoms with Gasteiger partial charge >= 0.3 is 5.91 Å². The van der Waals surface area contributed by atoms with Gasteiger partial charge in [-0.3, -0.25) is 15.0 Å². The van der Waals surface area contributed by atoms with Crippen molar-refractivity contribution in [2.45, 2.75) is 23.9 Å². The van der Waals surface area contributed by atoms with Gasteiger partial charge in [0.25, 0.3) is 5.56 Å². The maximum atomic E-state index is 13.2. The summed E-state index contributed by atoms with van der Waals surface area (Å²) in [4.78, 5) is 31.0. The number of furan rings is 1. The Morgan fingerprint density at radius 1 is 1.19 bits per heavy atom. The minimum absolute atomic E-state index is 0.159. The molecule has 0 aliphatic carbocycles. The van der Waals surface area contributed by atoms with Crippen molar-refractivity contribution in [2.75, 3.05) is 5.43 Å². The van der Waals surface area contributed by atoms with Crippen LogP contribution in [0.1, 0.15) is 27.0 Å². The monoisotopic (exact) mass is 469 g/mol. The van der Waals surface area contributed by atoms with Crippen molar-refractivity contribution in [1.29, 1.82) is 0 Å². The van der Waals surface area contributed by atoms with E-state index in [1.165, 1.54) is 34.4 Å². The number of carbonyl (C=O) groups excluding carboxylic acids is 1.